The van der Waals surface area contributed by atoms with E-state index in [-0.39, 0.29) is 30.8 Å². The molecular formula is C16H26ClN3O2. The van der Waals surface area contributed by atoms with E-state index in [0.29, 0.717) is 6.42 Å². The van der Waals surface area contributed by atoms with Gasteiger partial charge in [-0.1, -0.05) is 31.5 Å². The largest absolute Gasteiger partial charge is 0.345 e. The van der Waals surface area contributed by atoms with Crippen LogP contribution in [0.4, 0.5) is 5.69 Å². The minimum Gasteiger partial charge on any atom is -0.345 e. The first kappa shape index (κ1) is 20.4. The van der Waals surface area contributed by atoms with Crippen LogP contribution < -0.4 is 16.4 Å². The highest BCUT2D eigenvalue weighted by molar-refractivity contribution is 5.97. The summed E-state index contributed by atoms with van der Waals surface area (Å²) in [6.45, 7) is 7.42. The first-order valence-corrected chi connectivity index (χ1v) is 7.21. The number of carbonyl (C=O) groups excluding carboxylic acids is 2. The van der Waals surface area contributed by atoms with E-state index >= 15 is 0 Å². The van der Waals surface area contributed by atoms with E-state index in [0.717, 1.165) is 23.2 Å². The molecule has 5 nitrogen and oxygen atoms in total. The maximum Gasteiger partial charge on any atom is 0.243 e. The number of benzene rings is 1. The predicted octanol–water partition coefficient (Wildman–Crippen LogP) is 2.30. The number of nitrogens with two attached hydrogens (primary N) is 1. The highest BCUT2D eigenvalue weighted by Crippen LogP contribution is 2.19. The molecule has 6 heteroatoms. The van der Waals surface area contributed by atoms with Gasteiger partial charge in [-0.3, -0.25) is 9.59 Å². The molecule has 0 saturated carbocycles. The van der Waals surface area contributed by atoms with Crippen LogP contribution in [0.3, 0.4) is 0 Å². The molecule has 124 valence electrons. The Kier molecular flexibility index (Phi) is 8.12. The SMILES string of the molecule is CCCC(C)(N)C(=O)NCC(=O)Nc1c(C)cccc1C.Cl. The first-order valence-electron chi connectivity index (χ1n) is 7.21. The molecule has 0 heterocycles. The van der Waals surface area contributed by atoms with Crippen LogP contribution in [0, 0.1) is 13.8 Å². The third-order valence-corrected chi connectivity index (χ3v) is 3.44. The molecule has 2 amide bonds. The van der Waals surface area contributed by atoms with E-state index in [9.17, 15) is 9.59 Å². The molecule has 1 aromatic rings. The maximum atomic E-state index is 11.9. The molecule has 0 aliphatic rings. The molecule has 0 saturated heterocycles. The second-order valence-electron chi connectivity index (χ2n) is 5.67. The van der Waals surface area contributed by atoms with Crippen LogP contribution >= 0.6 is 12.4 Å². The Morgan fingerprint density at radius 1 is 1.23 bits per heavy atom. The van der Waals surface area contributed by atoms with Crippen LogP contribution in [-0.2, 0) is 9.59 Å². The van der Waals surface area contributed by atoms with Gasteiger partial charge in [-0.15, -0.1) is 12.4 Å². The summed E-state index contributed by atoms with van der Waals surface area (Å²) in [6.07, 6.45) is 1.40. The van der Waals surface area contributed by atoms with Crippen molar-refractivity contribution in [3.05, 3.63) is 29.3 Å². The number of hydrogen-bond acceptors (Lipinski definition) is 3. The number of para-hydroxylation sites is 1. The molecule has 22 heavy (non-hydrogen) atoms. The minimum atomic E-state index is -0.937. The van der Waals surface area contributed by atoms with Crippen molar-refractivity contribution >= 4 is 29.9 Å². The number of aryl methyl sites for hydroxylation is 2. The van der Waals surface area contributed by atoms with Gasteiger partial charge in [-0.2, -0.15) is 0 Å². The predicted molar refractivity (Wildman–Crippen MR) is 92.3 cm³/mol. The van der Waals surface area contributed by atoms with Crippen LogP contribution in [0.15, 0.2) is 18.2 Å². The lowest BCUT2D eigenvalue weighted by Gasteiger charge is -2.22. The van der Waals surface area contributed by atoms with Crippen molar-refractivity contribution in [3.8, 4) is 0 Å². The number of carbonyl (C=O) groups is 2. The monoisotopic (exact) mass is 327 g/mol. The molecule has 1 aromatic carbocycles. The second-order valence-corrected chi connectivity index (χ2v) is 5.67. The fourth-order valence-electron chi connectivity index (χ4n) is 2.19. The first-order chi connectivity index (χ1) is 9.77. The normalized spacial score (nSPS) is 12.8. The molecule has 1 unspecified atom stereocenters. The minimum absolute atomic E-state index is 0. The third-order valence-electron chi connectivity index (χ3n) is 3.44. The summed E-state index contributed by atoms with van der Waals surface area (Å²) in [5, 5.41) is 5.41. The number of amides is 2. The van der Waals surface area contributed by atoms with Gasteiger partial charge < -0.3 is 16.4 Å². The lowest BCUT2D eigenvalue weighted by Crippen LogP contribution is -2.52. The summed E-state index contributed by atoms with van der Waals surface area (Å²) in [6, 6.07) is 5.80. The Labute approximate surface area is 138 Å². The fraction of sp³-hybridized carbons (Fsp3) is 0.500. The lowest BCUT2D eigenvalue weighted by molar-refractivity contribution is -0.128. The molecule has 1 atom stereocenters. The molecule has 0 aliphatic carbocycles. The number of halogens is 1. The van der Waals surface area contributed by atoms with Gasteiger partial charge in [0.15, 0.2) is 0 Å². The van der Waals surface area contributed by atoms with Gasteiger partial charge >= 0.3 is 0 Å². The summed E-state index contributed by atoms with van der Waals surface area (Å²) in [5.41, 5.74) is 7.75. The highest BCUT2D eigenvalue weighted by Gasteiger charge is 2.27. The van der Waals surface area contributed by atoms with Gasteiger partial charge in [-0.05, 0) is 38.3 Å². The van der Waals surface area contributed by atoms with E-state index < -0.39 is 5.54 Å². The van der Waals surface area contributed by atoms with Crippen molar-refractivity contribution in [2.75, 3.05) is 11.9 Å². The summed E-state index contributed by atoms with van der Waals surface area (Å²) in [4.78, 5) is 23.9. The van der Waals surface area contributed by atoms with E-state index in [4.69, 9.17) is 5.73 Å². The van der Waals surface area contributed by atoms with Gasteiger partial charge in [0.2, 0.25) is 11.8 Å². The number of anilines is 1. The van der Waals surface area contributed by atoms with Crippen LogP contribution in [0.1, 0.15) is 37.8 Å². The van der Waals surface area contributed by atoms with Crippen LogP contribution in [0.5, 0.6) is 0 Å². The second kappa shape index (κ2) is 8.76. The van der Waals surface area contributed by atoms with E-state index in [1.54, 1.807) is 6.92 Å². The number of nitrogens with one attached hydrogen (secondary N) is 2. The van der Waals surface area contributed by atoms with Crippen molar-refractivity contribution in [1.29, 1.82) is 0 Å². The molecule has 0 fully saturated rings. The topological polar surface area (TPSA) is 84.2 Å². The maximum absolute atomic E-state index is 11.9. The summed E-state index contributed by atoms with van der Waals surface area (Å²) < 4.78 is 0. The van der Waals surface area contributed by atoms with Crippen molar-refractivity contribution in [1.82, 2.24) is 5.32 Å². The Morgan fingerprint density at radius 3 is 2.27 bits per heavy atom. The van der Waals surface area contributed by atoms with Crippen molar-refractivity contribution < 1.29 is 9.59 Å². The van der Waals surface area contributed by atoms with Gasteiger partial charge in [0, 0.05) is 5.69 Å². The highest BCUT2D eigenvalue weighted by atomic mass is 35.5. The zero-order chi connectivity index (χ0) is 16.0. The molecule has 1 rings (SSSR count). The quantitative estimate of drug-likeness (QED) is 0.749. The molecule has 0 bridgehead atoms. The third kappa shape index (κ3) is 5.66. The average molecular weight is 328 g/mol. The molecule has 0 spiro atoms. The van der Waals surface area contributed by atoms with Crippen molar-refractivity contribution in [2.45, 2.75) is 46.1 Å². The Hall–Kier alpha value is -1.59. The van der Waals surface area contributed by atoms with Crippen LogP contribution in [0.25, 0.3) is 0 Å². The fourth-order valence-corrected chi connectivity index (χ4v) is 2.19. The average Bonchev–Trinajstić information content (AvgIpc) is 2.40. The Morgan fingerprint density at radius 2 is 1.77 bits per heavy atom. The zero-order valence-corrected chi connectivity index (χ0v) is 14.5. The zero-order valence-electron chi connectivity index (χ0n) is 13.7. The van der Waals surface area contributed by atoms with E-state index in [1.807, 2.05) is 39.0 Å². The number of hydrogen-bond donors (Lipinski definition) is 3. The summed E-state index contributed by atoms with van der Waals surface area (Å²) in [7, 11) is 0. The molecule has 4 N–H and O–H groups in total. The Bertz CT molecular complexity index is 510. The van der Waals surface area contributed by atoms with Gasteiger partial charge in [0.25, 0.3) is 0 Å². The van der Waals surface area contributed by atoms with Crippen LogP contribution in [0.2, 0.25) is 0 Å². The van der Waals surface area contributed by atoms with Crippen LogP contribution in [-0.4, -0.2) is 23.9 Å². The molecular weight excluding hydrogens is 302 g/mol. The van der Waals surface area contributed by atoms with Gasteiger partial charge in [0.1, 0.15) is 0 Å². The van der Waals surface area contributed by atoms with Gasteiger partial charge in [-0.25, -0.2) is 0 Å². The summed E-state index contributed by atoms with van der Waals surface area (Å²) >= 11 is 0. The molecule has 0 aliphatic heterocycles. The summed E-state index contributed by atoms with van der Waals surface area (Å²) in [5.74, 6) is -0.561. The van der Waals surface area contributed by atoms with Gasteiger partial charge in [0.05, 0.1) is 12.1 Å². The molecule has 0 radical (unpaired) electrons. The standard InChI is InChI=1S/C16H25N3O2.ClH/c1-5-9-16(4,17)15(21)18-10-13(20)19-14-11(2)7-6-8-12(14)3;/h6-8H,5,9-10,17H2,1-4H3,(H,18,21)(H,19,20);1H. The van der Waals surface area contributed by atoms with E-state index in [1.165, 1.54) is 0 Å². The molecule has 0 aromatic heterocycles. The number of rotatable bonds is 6. The van der Waals surface area contributed by atoms with E-state index in [2.05, 4.69) is 10.6 Å². The Balaban J connectivity index is 0.00000441. The smallest absolute Gasteiger partial charge is 0.243 e. The van der Waals surface area contributed by atoms with Crippen molar-refractivity contribution in [3.63, 3.8) is 0 Å². The van der Waals surface area contributed by atoms with Crippen molar-refractivity contribution in [2.24, 2.45) is 5.73 Å². The lowest BCUT2D eigenvalue weighted by atomic mass is 9.96.